The maximum atomic E-state index is 10.7. The normalized spacial score (nSPS) is 13.3. The lowest BCUT2D eigenvalue weighted by Crippen LogP contribution is -2.30. The van der Waals surface area contributed by atoms with Gasteiger partial charge in [-0.25, -0.2) is 0 Å². The minimum atomic E-state index is -0.747. The molecule has 0 aromatic heterocycles. The Hall–Kier alpha value is -0.280. The molecule has 0 radical (unpaired) electrons. The van der Waals surface area contributed by atoms with E-state index < -0.39 is 5.97 Å². The molecule has 0 amide bonds. The highest BCUT2D eigenvalue weighted by molar-refractivity contribution is 5.85. The van der Waals surface area contributed by atoms with Gasteiger partial charge in [0.05, 0.1) is 5.92 Å². The van der Waals surface area contributed by atoms with E-state index in [1.807, 2.05) is 20.8 Å². The number of rotatable bonds is 3. The Balaban J connectivity index is 0. The van der Waals surface area contributed by atoms with Crippen molar-refractivity contribution < 1.29 is 9.90 Å². The van der Waals surface area contributed by atoms with Crippen LogP contribution in [0.3, 0.4) is 0 Å². The summed E-state index contributed by atoms with van der Waals surface area (Å²) in [6.07, 6.45) is 0.554. The Morgan fingerprint density at radius 3 is 2.00 bits per heavy atom. The molecule has 0 aliphatic carbocycles. The van der Waals surface area contributed by atoms with Crippen molar-refractivity contribution in [2.45, 2.75) is 27.2 Å². The smallest absolute Gasteiger partial charge is 0.307 e. The minimum absolute atomic E-state index is 0. The van der Waals surface area contributed by atoms with Gasteiger partial charge in [0.15, 0.2) is 0 Å². The van der Waals surface area contributed by atoms with Crippen molar-refractivity contribution in [1.29, 1.82) is 0 Å². The molecule has 0 bridgehead atoms. The number of carboxylic acids is 1. The van der Waals surface area contributed by atoms with E-state index in [4.69, 9.17) is 10.8 Å². The third kappa shape index (κ3) is 4.57. The quantitative estimate of drug-likeness (QED) is 0.718. The fraction of sp³-hybridized carbons (Fsp3) is 0.875. The zero-order valence-electron chi connectivity index (χ0n) is 7.83. The topological polar surface area (TPSA) is 63.3 Å². The predicted molar refractivity (Wildman–Crippen MR) is 51.5 cm³/mol. The zero-order chi connectivity index (χ0) is 9.07. The lowest BCUT2D eigenvalue weighted by molar-refractivity contribution is -0.145. The monoisotopic (exact) mass is 195 g/mol. The number of nitrogens with two attached hydrogens (primary N) is 1. The van der Waals surface area contributed by atoms with E-state index in [1.54, 1.807) is 0 Å². The number of hydrogen-bond donors (Lipinski definition) is 2. The standard InChI is InChI=1S/C8H17NO2.ClH/c1-8(2,3)6(4-5-9)7(10)11;/h6H,4-5,9H2,1-3H3,(H,10,11);1H. The summed E-state index contributed by atoms with van der Waals surface area (Å²) in [5.74, 6) is -1.07. The van der Waals surface area contributed by atoms with Crippen LogP contribution in [0.15, 0.2) is 0 Å². The molecule has 12 heavy (non-hydrogen) atoms. The maximum absolute atomic E-state index is 10.7. The number of halogens is 1. The fourth-order valence-corrected chi connectivity index (χ4v) is 1.09. The van der Waals surface area contributed by atoms with Crippen molar-refractivity contribution in [3.63, 3.8) is 0 Å². The molecule has 3 N–H and O–H groups in total. The molecule has 1 atom stereocenters. The summed E-state index contributed by atoms with van der Waals surface area (Å²) in [6, 6.07) is 0. The molecule has 74 valence electrons. The number of hydrogen-bond acceptors (Lipinski definition) is 2. The molecular weight excluding hydrogens is 178 g/mol. The number of carboxylic acid groups (broad SMARTS) is 1. The molecule has 0 saturated heterocycles. The van der Waals surface area contributed by atoms with Crippen LogP contribution in [0, 0.1) is 11.3 Å². The Labute approximate surface area is 79.7 Å². The van der Waals surface area contributed by atoms with E-state index in [0.717, 1.165) is 0 Å². The minimum Gasteiger partial charge on any atom is -0.481 e. The van der Waals surface area contributed by atoms with Crippen LogP contribution in [0.25, 0.3) is 0 Å². The van der Waals surface area contributed by atoms with Gasteiger partial charge in [-0.1, -0.05) is 20.8 Å². The summed E-state index contributed by atoms with van der Waals surface area (Å²) in [5, 5.41) is 8.78. The van der Waals surface area contributed by atoms with E-state index in [9.17, 15) is 4.79 Å². The van der Waals surface area contributed by atoms with E-state index in [-0.39, 0.29) is 23.7 Å². The van der Waals surface area contributed by atoms with Gasteiger partial charge in [0, 0.05) is 0 Å². The third-order valence-corrected chi connectivity index (χ3v) is 1.80. The van der Waals surface area contributed by atoms with Crippen LogP contribution in [-0.2, 0) is 4.79 Å². The molecule has 0 heterocycles. The molecule has 0 aliphatic rings. The predicted octanol–water partition coefficient (Wildman–Crippen LogP) is 1.50. The highest BCUT2D eigenvalue weighted by Crippen LogP contribution is 2.28. The molecule has 4 heteroatoms. The summed E-state index contributed by atoms with van der Waals surface area (Å²) < 4.78 is 0. The van der Waals surface area contributed by atoms with E-state index in [2.05, 4.69) is 0 Å². The van der Waals surface area contributed by atoms with Crippen molar-refractivity contribution in [1.82, 2.24) is 0 Å². The van der Waals surface area contributed by atoms with Gasteiger partial charge in [0.1, 0.15) is 0 Å². The fourth-order valence-electron chi connectivity index (χ4n) is 1.09. The van der Waals surface area contributed by atoms with Crippen molar-refractivity contribution in [3.8, 4) is 0 Å². The van der Waals surface area contributed by atoms with Crippen LogP contribution in [0.1, 0.15) is 27.2 Å². The molecular formula is C8H18ClNO2. The van der Waals surface area contributed by atoms with Gasteiger partial charge in [0.25, 0.3) is 0 Å². The number of carbonyl (C=O) groups is 1. The van der Waals surface area contributed by atoms with Crippen LogP contribution >= 0.6 is 12.4 Å². The van der Waals surface area contributed by atoms with Gasteiger partial charge in [-0.15, -0.1) is 12.4 Å². The van der Waals surface area contributed by atoms with E-state index in [1.165, 1.54) is 0 Å². The Morgan fingerprint density at radius 2 is 1.92 bits per heavy atom. The summed E-state index contributed by atoms with van der Waals surface area (Å²) in [5.41, 5.74) is 5.11. The van der Waals surface area contributed by atoms with Crippen molar-refractivity contribution in [2.24, 2.45) is 17.1 Å². The second kappa shape index (κ2) is 5.38. The first-order chi connectivity index (χ1) is 4.89. The van der Waals surface area contributed by atoms with Crippen molar-refractivity contribution in [3.05, 3.63) is 0 Å². The van der Waals surface area contributed by atoms with Crippen LogP contribution in [0.4, 0.5) is 0 Å². The molecule has 0 aliphatic heterocycles. The average Bonchev–Trinajstić information content (AvgIpc) is 1.79. The Bertz CT molecular complexity index is 142. The summed E-state index contributed by atoms with van der Waals surface area (Å²) in [6.45, 7) is 6.19. The van der Waals surface area contributed by atoms with Gasteiger partial charge >= 0.3 is 5.97 Å². The van der Waals surface area contributed by atoms with E-state index in [0.29, 0.717) is 13.0 Å². The lowest BCUT2D eigenvalue weighted by Gasteiger charge is -2.26. The van der Waals surface area contributed by atoms with Crippen LogP contribution in [-0.4, -0.2) is 17.6 Å². The summed E-state index contributed by atoms with van der Waals surface area (Å²) >= 11 is 0. The zero-order valence-corrected chi connectivity index (χ0v) is 8.65. The largest absolute Gasteiger partial charge is 0.481 e. The lowest BCUT2D eigenvalue weighted by atomic mass is 9.79. The second-order valence-corrected chi connectivity index (χ2v) is 3.83. The molecule has 0 rings (SSSR count). The molecule has 0 spiro atoms. The molecule has 3 nitrogen and oxygen atoms in total. The summed E-state index contributed by atoms with van der Waals surface area (Å²) in [4.78, 5) is 10.7. The molecule has 0 fully saturated rings. The van der Waals surface area contributed by atoms with E-state index >= 15 is 0 Å². The Kier molecular flexibility index (Phi) is 6.39. The third-order valence-electron chi connectivity index (χ3n) is 1.80. The van der Waals surface area contributed by atoms with Crippen LogP contribution in [0.2, 0.25) is 0 Å². The van der Waals surface area contributed by atoms with Gasteiger partial charge in [-0.3, -0.25) is 4.79 Å². The first-order valence-corrected chi connectivity index (χ1v) is 3.82. The van der Waals surface area contributed by atoms with Crippen molar-refractivity contribution in [2.75, 3.05) is 6.54 Å². The van der Waals surface area contributed by atoms with Crippen LogP contribution in [0.5, 0.6) is 0 Å². The molecule has 0 saturated carbocycles. The van der Waals surface area contributed by atoms with Gasteiger partial charge in [0.2, 0.25) is 0 Å². The van der Waals surface area contributed by atoms with Crippen molar-refractivity contribution >= 4 is 18.4 Å². The highest BCUT2D eigenvalue weighted by Gasteiger charge is 2.29. The van der Waals surface area contributed by atoms with Gasteiger partial charge in [-0.05, 0) is 18.4 Å². The van der Waals surface area contributed by atoms with Gasteiger partial charge in [-0.2, -0.15) is 0 Å². The first-order valence-electron chi connectivity index (χ1n) is 3.82. The first kappa shape index (κ1) is 14.3. The molecule has 0 aromatic carbocycles. The Morgan fingerprint density at radius 1 is 1.50 bits per heavy atom. The van der Waals surface area contributed by atoms with Gasteiger partial charge < -0.3 is 10.8 Å². The molecule has 0 aromatic rings. The average molecular weight is 196 g/mol. The maximum Gasteiger partial charge on any atom is 0.307 e. The molecule has 1 unspecified atom stereocenters. The highest BCUT2D eigenvalue weighted by atomic mass is 35.5. The van der Waals surface area contributed by atoms with Crippen LogP contribution < -0.4 is 5.73 Å². The SMILES string of the molecule is CC(C)(C)C(CCN)C(=O)O.Cl. The second-order valence-electron chi connectivity index (χ2n) is 3.83. The summed E-state index contributed by atoms with van der Waals surface area (Å²) in [7, 11) is 0. The number of aliphatic carboxylic acids is 1.